The maximum absolute atomic E-state index is 12.6. The van der Waals surface area contributed by atoms with Crippen LogP contribution in [0.1, 0.15) is 18.9 Å². The molecule has 0 aliphatic rings. The summed E-state index contributed by atoms with van der Waals surface area (Å²) in [7, 11) is -1.25. The van der Waals surface area contributed by atoms with Gasteiger partial charge in [-0.15, -0.1) is 0 Å². The molecule has 1 atom stereocenters. The molecule has 0 heterocycles. The first-order chi connectivity index (χ1) is 8.11. The molecule has 1 N–H and O–H groups in total. The molecule has 0 saturated carbocycles. The lowest BCUT2D eigenvalue weighted by molar-refractivity contribution is -0.118. The van der Waals surface area contributed by atoms with E-state index < -0.39 is 10.8 Å². The summed E-state index contributed by atoms with van der Waals surface area (Å²) in [5, 5.41) is 2.67. The summed E-state index contributed by atoms with van der Waals surface area (Å²) in [6.07, 6.45) is 0.857. The number of hydrogen-bond acceptors (Lipinski definition) is 2. The van der Waals surface area contributed by atoms with E-state index in [1.807, 2.05) is 6.92 Å². The molecule has 0 aliphatic carbocycles. The van der Waals surface area contributed by atoms with Crippen molar-refractivity contribution in [2.45, 2.75) is 19.1 Å². The van der Waals surface area contributed by atoms with E-state index in [0.29, 0.717) is 6.54 Å². The van der Waals surface area contributed by atoms with Gasteiger partial charge in [0.25, 0.3) is 0 Å². The van der Waals surface area contributed by atoms with E-state index in [0.717, 1.165) is 12.0 Å². The van der Waals surface area contributed by atoms with Gasteiger partial charge in [0.2, 0.25) is 5.91 Å². The van der Waals surface area contributed by atoms with Crippen LogP contribution in [0.4, 0.5) is 4.39 Å². The lowest BCUT2D eigenvalue weighted by Crippen LogP contribution is -2.29. The zero-order valence-corrected chi connectivity index (χ0v) is 10.6. The van der Waals surface area contributed by atoms with Crippen LogP contribution in [0.15, 0.2) is 24.3 Å². The van der Waals surface area contributed by atoms with Crippen LogP contribution in [0, 0.1) is 5.82 Å². The summed E-state index contributed by atoms with van der Waals surface area (Å²) in [5.41, 5.74) is 0.771. The van der Waals surface area contributed by atoms with Crippen molar-refractivity contribution in [1.29, 1.82) is 0 Å². The fourth-order valence-electron chi connectivity index (χ4n) is 1.28. The quantitative estimate of drug-likeness (QED) is 0.841. The number of benzene rings is 1. The van der Waals surface area contributed by atoms with E-state index in [2.05, 4.69) is 5.32 Å². The fourth-order valence-corrected chi connectivity index (χ4v) is 2.34. The Morgan fingerprint density at radius 1 is 1.35 bits per heavy atom. The summed E-state index contributed by atoms with van der Waals surface area (Å²) < 4.78 is 24.3. The van der Waals surface area contributed by atoms with Crippen molar-refractivity contribution >= 4 is 16.7 Å². The van der Waals surface area contributed by atoms with Crippen LogP contribution in [0.5, 0.6) is 0 Å². The fraction of sp³-hybridized carbons (Fsp3) is 0.417. The van der Waals surface area contributed by atoms with Crippen molar-refractivity contribution in [2.75, 3.05) is 12.3 Å². The highest BCUT2D eigenvalue weighted by Gasteiger charge is 2.08. The van der Waals surface area contributed by atoms with Crippen molar-refractivity contribution in [3.8, 4) is 0 Å². The maximum Gasteiger partial charge on any atom is 0.232 e. The highest BCUT2D eigenvalue weighted by atomic mass is 32.2. The first-order valence-corrected chi connectivity index (χ1v) is 6.96. The van der Waals surface area contributed by atoms with E-state index in [1.165, 1.54) is 12.1 Å². The van der Waals surface area contributed by atoms with Gasteiger partial charge in [-0.1, -0.05) is 19.1 Å². The highest BCUT2D eigenvalue weighted by Crippen LogP contribution is 2.05. The molecular weight excluding hydrogens is 241 g/mol. The number of amides is 1. The molecular formula is C12H16FNO2S. The van der Waals surface area contributed by atoms with Crippen molar-refractivity contribution in [1.82, 2.24) is 5.32 Å². The zero-order chi connectivity index (χ0) is 12.7. The molecule has 1 aromatic carbocycles. The molecule has 0 aromatic heterocycles. The third kappa shape index (κ3) is 5.58. The Balaban J connectivity index is 2.39. The average Bonchev–Trinajstić information content (AvgIpc) is 2.29. The van der Waals surface area contributed by atoms with Gasteiger partial charge in [0.15, 0.2) is 0 Å². The molecule has 3 nitrogen and oxygen atoms in total. The first-order valence-electron chi connectivity index (χ1n) is 5.48. The van der Waals surface area contributed by atoms with Gasteiger partial charge in [-0.25, -0.2) is 4.39 Å². The number of halogens is 1. The summed E-state index contributed by atoms with van der Waals surface area (Å²) in [5.74, 6) is -0.246. The van der Waals surface area contributed by atoms with E-state index in [9.17, 15) is 13.4 Å². The molecule has 0 saturated heterocycles. The van der Waals surface area contributed by atoms with Gasteiger partial charge in [0, 0.05) is 23.1 Å². The summed E-state index contributed by atoms with van der Waals surface area (Å²) >= 11 is 0. The van der Waals surface area contributed by atoms with Gasteiger partial charge in [-0.2, -0.15) is 0 Å². The molecule has 1 aromatic rings. The minimum absolute atomic E-state index is 0.00260. The normalized spacial score (nSPS) is 12.1. The number of nitrogens with one attached hydrogen (secondary N) is 1. The third-order valence-electron chi connectivity index (χ3n) is 2.11. The molecule has 1 unspecified atom stereocenters. The third-order valence-corrected chi connectivity index (χ3v) is 3.34. The first kappa shape index (κ1) is 13.8. The molecule has 1 amide bonds. The standard InChI is InChI=1S/C12H16FNO2S/c1-2-7-14-12(15)9-17(16)8-10-3-5-11(13)6-4-10/h3-6H,2,7-9H2,1H3,(H,14,15). The number of rotatable bonds is 6. The van der Waals surface area contributed by atoms with Gasteiger partial charge < -0.3 is 5.32 Å². The van der Waals surface area contributed by atoms with Crippen LogP contribution in [0.2, 0.25) is 0 Å². The lowest BCUT2D eigenvalue weighted by Gasteiger charge is -2.04. The predicted octanol–water partition coefficient (Wildman–Crippen LogP) is 1.60. The van der Waals surface area contributed by atoms with Crippen molar-refractivity contribution in [3.63, 3.8) is 0 Å². The highest BCUT2D eigenvalue weighted by molar-refractivity contribution is 7.84. The second-order valence-electron chi connectivity index (χ2n) is 3.70. The van der Waals surface area contributed by atoms with Gasteiger partial charge >= 0.3 is 0 Å². The lowest BCUT2D eigenvalue weighted by atomic mass is 10.2. The predicted molar refractivity (Wildman–Crippen MR) is 66.4 cm³/mol. The summed E-state index contributed by atoms with van der Waals surface area (Å²) in [6.45, 7) is 2.56. The molecule has 94 valence electrons. The van der Waals surface area contributed by atoms with Gasteiger partial charge in [0.1, 0.15) is 11.6 Å². The molecule has 0 spiro atoms. The second-order valence-corrected chi connectivity index (χ2v) is 5.16. The maximum atomic E-state index is 12.6. The number of carbonyl (C=O) groups is 1. The van der Waals surface area contributed by atoms with Crippen LogP contribution in [-0.2, 0) is 21.3 Å². The molecule has 0 bridgehead atoms. The Hall–Kier alpha value is -1.23. The van der Waals surface area contributed by atoms with Gasteiger partial charge in [0.05, 0.1) is 0 Å². The minimum Gasteiger partial charge on any atom is -0.355 e. The van der Waals surface area contributed by atoms with Crippen LogP contribution in [0.25, 0.3) is 0 Å². The smallest absolute Gasteiger partial charge is 0.232 e. The molecule has 0 fully saturated rings. The largest absolute Gasteiger partial charge is 0.355 e. The molecule has 5 heteroatoms. The molecule has 1 rings (SSSR count). The van der Waals surface area contributed by atoms with Crippen molar-refractivity contribution < 1.29 is 13.4 Å². The van der Waals surface area contributed by atoms with Gasteiger partial charge in [-0.05, 0) is 24.1 Å². The Morgan fingerprint density at radius 3 is 2.59 bits per heavy atom. The molecule has 0 aliphatic heterocycles. The zero-order valence-electron chi connectivity index (χ0n) is 9.74. The minimum atomic E-state index is -1.25. The topological polar surface area (TPSA) is 46.2 Å². The van der Waals surface area contributed by atoms with Crippen LogP contribution in [0.3, 0.4) is 0 Å². The number of hydrogen-bond donors (Lipinski definition) is 1. The van der Waals surface area contributed by atoms with E-state index in [1.54, 1.807) is 12.1 Å². The Kier molecular flexibility index (Phi) is 5.83. The summed E-state index contributed by atoms with van der Waals surface area (Å²) in [4.78, 5) is 11.3. The molecule has 0 radical (unpaired) electrons. The van der Waals surface area contributed by atoms with Crippen LogP contribution < -0.4 is 5.32 Å². The summed E-state index contributed by atoms with van der Waals surface area (Å²) in [6, 6.07) is 5.81. The molecule has 17 heavy (non-hydrogen) atoms. The Bertz CT molecular complexity index is 392. The Labute approximate surface area is 103 Å². The van der Waals surface area contributed by atoms with Crippen molar-refractivity contribution in [2.24, 2.45) is 0 Å². The van der Waals surface area contributed by atoms with Crippen molar-refractivity contribution in [3.05, 3.63) is 35.6 Å². The van der Waals surface area contributed by atoms with Gasteiger partial charge in [-0.3, -0.25) is 9.00 Å². The second kappa shape index (κ2) is 7.17. The monoisotopic (exact) mass is 257 g/mol. The SMILES string of the molecule is CCCNC(=O)CS(=O)Cc1ccc(F)cc1. The number of carbonyl (C=O) groups excluding carboxylic acids is 1. The average molecular weight is 257 g/mol. The van der Waals surface area contributed by atoms with E-state index in [4.69, 9.17) is 0 Å². The Morgan fingerprint density at radius 2 is 2.00 bits per heavy atom. The van der Waals surface area contributed by atoms with Crippen LogP contribution >= 0.6 is 0 Å². The van der Waals surface area contributed by atoms with E-state index in [-0.39, 0.29) is 23.2 Å². The van der Waals surface area contributed by atoms with E-state index >= 15 is 0 Å². The van der Waals surface area contributed by atoms with Crippen LogP contribution in [-0.4, -0.2) is 22.4 Å².